The summed E-state index contributed by atoms with van der Waals surface area (Å²) in [5.74, 6) is 1.66. The normalized spacial score (nSPS) is 13.9. The fourth-order valence-electron chi connectivity index (χ4n) is 3.10. The minimum atomic E-state index is -0.110. The second-order valence-electron chi connectivity index (χ2n) is 6.57. The topological polar surface area (TPSA) is 66.6 Å². The smallest absolute Gasteiger partial charge is 0.272 e. The van der Waals surface area contributed by atoms with Gasteiger partial charge in [-0.2, -0.15) is 0 Å². The number of aryl methyl sites for hydroxylation is 1. The van der Waals surface area contributed by atoms with E-state index in [1.54, 1.807) is 12.1 Å². The molecule has 1 amide bonds. The van der Waals surface area contributed by atoms with E-state index in [0.29, 0.717) is 18.2 Å². The number of hydrogen-bond acceptors (Lipinski definition) is 3. The SMILES string of the molecule is O=C(NCCCc1ccc(O)cc1)c1nc(C2CC2)n2ccccc12. The van der Waals surface area contributed by atoms with Crippen LogP contribution in [0.2, 0.25) is 0 Å². The third kappa shape index (κ3) is 3.36. The molecule has 0 radical (unpaired) electrons. The van der Waals surface area contributed by atoms with Gasteiger partial charge in [0.2, 0.25) is 0 Å². The van der Waals surface area contributed by atoms with E-state index in [4.69, 9.17) is 0 Å². The Morgan fingerprint density at radius 1 is 1.20 bits per heavy atom. The summed E-state index contributed by atoms with van der Waals surface area (Å²) >= 11 is 0. The molecular formula is C20H21N3O2. The van der Waals surface area contributed by atoms with Crippen molar-refractivity contribution in [3.05, 3.63) is 65.7 Å². The van der Waals surface area contributed by atoms with Gasteiger partial charge in [-0.1, -0.05) is 18.2 Å². The molecule has 1 aliphatic carbocycles. The predicted molar refractivity (Wildman–Crippen MR) is 95.9 cm³/mol. The van der Waals surface area contributed by atoms with Crippen molar-refractivity contribution in [3.63, 3.8) is 0 Å². The molecule has 4 rings (SSSR count). The third-order valence-corrected chi connectivity index (χ3v) is 4.60. The van der Waals surface area contributed by atoms with Gasteiger partial charge in [-0.15, -0.1) is 0 Å². The Hall–Kier alpha value is -2.82. The zero-order valence-electron chi connectivity index (χ0n) is 14.0. The standard InChI is InChI=1S/C20H21N3O2/c24-16-10-6-14(7-11-16)4-3-12-21-20(25)18-17-5-1-2-13-23(17)19(22-18)15-8-9-15/h1-2,5-7,10-11,13,15,24H,3-4,8-9,12H2,(H,21,25). The molecule has 2 heterocycles. The molecule has 2 aromatic heterocycles. The van der Waals surface area contributed by atoms with Gasteiger partial charge in [-0.25, -0.2) is 4.98 Å². The van der Waals surface area contributed by atoms with E-state index in [0.717, 1.165) is 42.6 Å². The van der Waals surface area contributed by atoms with E-state index in [1.165, 1.54) is 0 Å². The van der Waals surface area contributed by atoms with Gasteiger partial charge >= 0.3 is 0 Å². The van der Waals surface area contributed by atoms with Crippen LogP contribution in [-0.2, 0) is 6.42 Å². The van der Waals surface area contributed by atoms with Gasteiger partial charge in [0.15, 0.2) is 5.69 Å². The molecular weight excluding hydrogens is 314 g/mol. The summed E-state index contributed by atoms with van der Waals surface area (Å²) in [6, 6.07) is 13.0. The summed E-state index contributed by atoms with van der Waals surface area (Å²) in [5.41, 5.74) is 2.54. The fraction of sp³-hybridized carbons (Fsp3) is 0.300. The maximum Gasteiger partial charge on any atom is 0.272 e. The molecule has 3 aromatic rings. The number of phenols is 1. The molecule has 0 spiro atoms. The van der Waals surface area contributed by atoms with E-state index in [1.807, 2.05) is 40.9 Å². The minimum Gasteiger partial charge on any atom is -0.508 e. The number of nitrogens with one attached hydrogen (secondary N) is 1. The van der Waals surface area contributed by atoms with Gasteiger partial charge in [0.25, 0.3) is 5.91 Å². The second-order valence-corrected chi connectivity index (χ2v) is 6.57. The molecule has 128 valence electrons. The van der Waals surface area contributed by atoms with Gasteiger partial charge in [-0.3, -0.25) is 4.79 Å². The van der Waals surface area contributed by atoms with Crippen molar-refractivity contribution in [1.82, 2.24) is 14.7 Å². The summed E-state index contributed by atoms with van der Waals surface area (Å²) in [7, 11) is 0. The van der Waals surface area contributed by atoms with Crippen molar-refractivity contribution in [2.45, 2.75) is 31.6 Å². The molecule has 0 saturated heterocycles. The highest BCUT2D eigenvalue weighted by molar-refractivity contribution is 5.99. The van der Waals surface area contributed by atoms with Crippen LogP contribution in [0.15, 0.2) is 48.7 Å². The highest BCUT2D eigenvalue weighted by Crippen LogP contribution is 2.39. The number of benzene rings is 1. The first-order valence-corrected chi connectivity index (χ1v) is 8.75. The molecule has 1 aromatic carbocycles. The summed E-state index contributed by atoms with van der Waals surface area (Å²) in [4.78, 5) is 17.2. The van der Waals surface area contributed by atoms with Crippen LogP contribution in [0.4, 0.5) is 0 Å². The minimum absolute atomic E-state index is 0.110. The van der Waals surface area contributed by atoms with Crippen LogP contribution in [0.1, 0.15) is 47.1 Å². The Morgan fingerprint density at radius 3 is 2.76 bits per heavy atom. The lowest BCUT2D eigenvalue weighted by molar-refractivity contribution is 0.0950. The van der Waals surface area contributed by atoms with Crippen molar-refractivity contribution in [2.75, 3.05) is 6.54 Å². The number of carbonyl (C=O) groups is 1. The number of phenolic OH excluding ortho intramolecular Hbond substituents is 1. The van der Waals surface area contributed by atoms with Crippen LogP contribution in [0.3, 0.4) is 0 Å². The summed E-state index contributed by atoms with van der Waals surface area (Å²) < 4.78 is 2.04. The average Bonchev–Trinajstić information content (AvgIpc) is 3.40. The molecule has 0 bridgehead atoms. The quantitative estimate of drug-likeness (QED) is 0.679. The zero-order chi connectivity index (χ0) is 17.2. The van der Waals surface area contributed by atoms with Crippen molar-refractivity contribution < 1.29 is 9.90 Å². The van der Waals surface area contributed by atoms with E-state index < -0.39 is 0 Å². The van der Waals surface area contributed by atoms with Crippen LogP contribution in [0.25, 0.3) is 5.52 Å². The molecule has 2 N–H and O–H groups in total. The predicted octanol–water partition coefficient (Wildman–Crippen LogP) is 3.28. The van der Waals surface area contributed by atoms with E-state index >= 15 is 0 Å². The highest BCUT2D eigenvalue weighted by Gasteiger charge is 2.30. The van der Waals surface area contributed by atoms with Crippen LogP contribution in [0, 0.1) is 0 Å². The lowest BCUT2D eigenvalue weighted by Gasteiger charge is -2.04. The number of aromatic nitrogens is 2. The number of imidazole rings is 1. The van der Waals surface area contributed by atoms with E-state index in [-0.39, 0.29) is 11.7 Å². The van der Waals surface area contributed by atoms with Gasteiger partial charge in [0.05, 0.1) is 5.52 Å². The van der Waals surface area contributed by atoms with E-state index in [9.17, 15) is 9.90 Å². The number of aromatic hydroxyl groups is 1. The highest BCUT2D eigenvalue weighted by atomic mass is 16.3. The number of nitrogens with zero attached hydrogens (tertiary/aromatic N) is 2. The van der Waals surface area contributed by atoms with Crippen molar-refractivity contribution in [1.29, 1.82) is 0 Å². The Balaban J connectivity index is 1.39. The van der Waals surface area contributed by atoms with Crippen LogP contribution in [0.5, 0.6) is 5.75 Å². The Bertz CT molecular complexity index is 895. The third-order valence-electron chi connectivity index (χ3n) is 4.60. The number of carbonyl (C=O) groups excluding carboxylic acids is 1. The van der Waals surface area contributed by atoms with Gasteiger partial charge in [0.1, 0.15) is 11.6 Å². The van der Waals surface area contributed by atoms with Crippen molar-refractivity contribution in [3.8, 4) is 5.75 Å². The maximum atomic E-state index is 12.6. The summed E-state index contributed by atoms with van der Waals surface area (Å²) in [5, 5.41) is 12.3. The maximum absolute atomic E-state index is 12.6. The molecule has 0 unspecified atom stereocenters. The Labute approximate surface area is 146 Å². The first-order chi connectivity index (χ1) is 12.2. The molecule has 0 atom stereocenters. The average molecular weight is 335 g/mol. The first kappa shape index (κ1) is 15.7. The molecule has 1 fully saturated rings. The summed E-state index contributed by atoms with van der Waals surface area (Å²) in [6.07, 6.45) is 6.00. The van der Waals surface area contributed by atoms with Crippen LogP contribution >= 0.6 is 0 Å². The number of pyridine rings is 1. The number of fused-ring (bicyclic) bond motifs is 1. The molecule has 1 aliphatic rings. The zero-order valence-corrected chi connectivity index (χ0v) is 14.0. The Morgan fingerprint density at radius 2 is 2.00 bits per heavy atom. The molecule has 25 heavy (non-hydrogen) atoms. The van der Waals surface area contributed by atoms with Gasteiger partial charge in [0, 0.05) is 18.7 Å². The van der Waals surface area contributed by atoms with Crippen LogP contribution < -0.4 is 5.32 Å². The first-order valence-electron chi connectivity index (χ1n) is 8.75. The fourth-order valence-corrected chi connectivity index (χ4v) is 3.10. The number of amides is 1. The van der Waals surface area contributed by atoms with Crippen molar-refractivity contribution in [2.24, 2.45) is 0 Å². The van der Waals surface area contributed by atoms with Gasteiger partial charge in [-0.05, 0) is 55.5 Å². The number of hydrogen-bond donors (Lipinski definition) is 2. The van der Waals surface area contributed by atoms with Gasteiger partial charge < -0.3 is 14.8 Å². The molecule has 1 saturated carbocycles. The van der Waals surface area contributed by atoms with Crippen LogP contribution in [-0.4, -0.2) is 26.9 Å². The number of rotatable bonds is 6. The Kier molecular flexibility index (Phi) is 4.14. The summed E-state index contributed by atoms with van der Waals surface area (Å²) in [6.45, 7) is 0.602. The van der Waals surface area contributed by atoms with E-state index in [2.05, 4.69) is 10.3 Å². The largest absolute Gasteiger partial charge is 0.508 e. The lowest BCUT2D eigenvalue weighted by atomic mass is 10.1. The molecule has 0 aliphatic heterocycles. The monoisotopic (exact) mass is 335 g/mol. The molecule has 5 heteroatoms. The lowest BCUT2D eigenvalue weighted by Crippen LogP contribution is -2.25. The van der Waals surface area contributed by atoms with Crippen molar-refractivity contribution >= 4 is 11.4 Å². The second kappa shape index (κ2) is 6.59. The molecule has 5 nitrogen and oxygen atoms in total.